The van der Waals surface area contributed by atoms with Crippen molar-refractivity contribution in [1.82, 2.24) is 10.2 Å². The van der Waals surface area contributed by atoms with Gasteiger partial charge in [-0.15, -0.1) is 0 Å². The minimum absolute atomic E-state index is 0.0222. The minimum atomic E-state index is -1.00. The number of hydrogen-bond acceptors (Lipinski definition) is 8. The summed E-state index contributed by atoms with van der Waals surface area (Å²) in [6, 6.07) is 14.1. The first-order chi connectivity index (χ1) is 23.9. The highest BCUT2D eigenvalue weighted by Crippen LogP contribution is 2.50. The number of para-hydroxylation sites is 1. The molecular weight excluding hydrogens is 645 g/mol. The van der Waals surface area contributed by atoms with E-state index in [1.165, 1.54) is 0 Å². The number of alkyl halides is 1. The molecule has 1 saturated carbocycles. The van der Waals surface area contributed by atoms with E-state index in [0.717, 1.165) is 5.56 Å². The van der Waals surface area contributed by atoms with Crippen LogP contribution in [0.4, 0.5) is 9.18 Å². The topological polar surface area (TPSA) is 150 Å². The summed E-state index contributed by atoms with van der Waals surface area (Å²) < 4.78 is 36.3. The van der Waals surface area contributed by atoms with Crippen LogP contribution in [-0.2, 0) is 23.8 Å². The lowest BCUT2D eigenvalue weighted by Crippen LogP contribution is -2.50. The van der Waals surface area contributed by atoms with Gasteiger partial charge in [0, 0.05) is 42.9 Å². The van der Waals surface area contributed by atoms with Crippen molar-refractivity contribution in [3.8, 4) is 0 Å². The fraction of sp³-hybridized carbons (Fsp3) is 0.526. The van der Waals surface area contributed by atoms with Gasteiger partial charge in [0.05, 0.1) is 18.7 Å². The maximum atomic E-state index is 14.7. The molecular formula is C38H48FN3O8. The summed E-state index contributed by atoms with van der Waals surface area (Å²) in [5.74, 6) is -2.76. The molecule has 1 aromatic heterocycles. The molecule has 1 unspecified atom stereocenters. The number of alkyl carbamates (subject to hydrolysis) is 1. The third-order valence-corrected chi connectivity index (χ3v) is 9.70. The molecule has 1 aliphatic carbocycles. The van der Waals surface area contributed by atoms with Crippen molar-refractivity contribution in [2.24, 2.45) is 17.6 Å². The Balaban J connectivity index is 1.47. The monoisotopic (exact) mass is 693 g/mol. The van der Waals surface area contributed by atoms with Crippen LogP contribution in [0.25, 0.3) is 11.0 Å². The third-order valence-electron chi connectivity index (χ3n) is 9.70. The van der Waals surface area contributed by atoms with E-state index in [0.29, 0.717) is 61.7 Å². The number of likely N-dealkylation sites (tertiary alicyclic amines) is 1. The summed E-state index contributed by atoms with van der Waals surface area (Å²) in [4.78, 5) is 55.7. The number of carbonyl (C=O) groups is 4. The van der Waals surface area contributed by atoms with Crippen LogP contribution in [0, 0.1) is 11.8 Å². The molecule has 2 fully saturated rings. The summed E-state index contributed by atoms with van der Waals surface area (Å²) in [5, 5.41) is 3.30. The van der Waals surface area contributed by atoms with E-state index < -0.39 is 60.2 Å². The number of nitrogens with one attached hydrogen (secondary N) is 1. The second-order valence-electron chi connectivity index (χ2n) is 14.2. The van der Waals surface area contributed by atoms with Crippen LogP contribution in [0.2, 0.25) is 0 Å². The Morgan fingerprint density at radius 2 is 1.68 bits per heavy atom. The zero-order chi connectivity index (χ0) is 36.0. The van der Waals surface area contributed by atoms with Gasteiger partial charge < -0.3 is 34.6 Å². The van der Waals surface area contributed by atoms with Crippen LogP contribution in [0.5, 0.6) is 0 Å². The predicted octanol–water partition coefficient (Wildman–Crippen LogP) is 6.21. The molecule has 4 atom stereocenters. The van der Waals surface area contributed by atoms with E-state index in [9.17, 15) is 23.6 Å². The first-order valence-corrected chi connectivity index (χ1v) is 17.3. The van der Waals surface area contributed by atoms with Gasteiger partial charge in [-0.25, -0.2) is 14.0 Å². The Morgan fingerprint density at radius 3 is 2.32 bits per heavy atom. The van der Waals surface area contributed by atoms with Crippen LogP contribution in [0.1, 0.15) is 92.9 Å². The van der Waals surface area contributed by atoms with Gasteiger partial charge in [-0.1, -0.05) is 48.5 Å². The molecule has 1 aliphatic heterocycles. The number of rotatable bonds is 12. The maximum Gasteiger partial charge on any atom is 0.407 e. The van der Waals surface area contributed by atoms with E-state index >= 15 is 0 Å². The lowest BCUT2D eigenvalue weighted by Gasteiger charge is -2.37. The van der Waals surface area contributed by atoms with Crippen molar-refractivity contribution in [2.45, 2.75) is 88.9 Å². The van der Waals surface area contributed by atoms with E-state index in [2.05, 4.69) is 5.32 Å². The smallest absolute Gasteiger partial charge is 0.407 e. The molecule has 270 valence electrons. The van der Waals surface area contributed by atoms with Crippen molar-refractivity contribution < 1.29 is 42.2 Å². The van der Waals surface area contributed by atoms with E-state index in [1.807, 2.05) is 42.5 Å². The van der Waals surface area contributed by atoms with Gasteiger partial charge in [0.15, 0.2) is 0 Å². The number of ether oxygens (including phenoxy) is 3. The predicted molar refractivity (Wildman–Crippen MR) is 184 cm³/mol. The van der Waals surface area contributed by atoms with Crippen LogP contribution >= 0.6 is 0 Å². The Bertz CT molecular complexity index is 1650. The number of benzene rings is 2. The number of esters is 1. The number of carbonyl (C=O) groups excluding carboxylic acids is 4. The highest BCUT2D eigenvalue weighted by molar-refractivity contribution is 5.98. The quantitative estimate of drug-likeness (QED) is 0.168. The Morgan fingerprint density at radius 1 is 1.00 bits per heavy atom. The first-order valence-electron chi connectivity index (χ1n) is 17.3. The second-order valence-corrected chi connectivity index (χ2v) is 14.2. The van der Waals surface area contributed by atoms with Crippen LogP contribution in [0.15, 0.2) is 59.0 Å². The largest absolute Gasteiger partial charge is 0.460 e. The molecule has 3 amide bonds. The number of amides is 3. The van der Waals surface area contributed by atoms with Gasteiger partial charge in [0.1, 0.15) is 23.9 Å². The fourth-order valence-corrected chi connectivity index (χ4v) is 7.47. The Hall–Kier alpha value is -4.45. The van der Waals surface area contributed by atoms with Crippen molar-refractivity contribution in [3.63, 3.8) is 0 Å². The van der Waals surface area contributed by atoms with Crippen molar-refractivity contribution >= 4 is 34.8 Å². The summed E-state index contributed by atoms with van der Waals surface area (Å²) in [7, 11) is 1.57. The molecule has 0 bridgehead atoms. The summed E-state index contributed by atoms with van der Waals surface area (Å²) in [6.45, 7) is 4.97. The normalized spacial score (nSPS) is 23.0. The average Bonchev–Trinajstić information content (AvgIpc) is 3.68. The lowest BCUT2D eigenvalue weighted by atomic mass is 9.78. The SMILES string of the molecule is COCCCOC(=O)c1oc2ccccc2c1C1C[C@H](c2ccccc2)[C@@H](C(N)=O)N1C(=O)C1CCC([C@@H](CF)NC(=O)OC(C)(C)C)CC1. The lowest BCUT2D eigenvalue weighted by molar-refractivity contribution is -0.144. The van der Waals surface area contributed by atoms with Gasteiger partial charge in [0.2, 0.25) is 17.6 Å². The first kappa shape index (κ1) is 36.8. The Kier molecular flexibility index (Phi) is 11.8. The molecule has 5 rings (SSSR count). The Labute approximate surface area is 292 Å². The van der Waals surface area contributed by atoms with Gasteiger partial charge in [-0.05, 0) is 70.4 Å². The molecule has 2 heterocycles. The maximum absolute atomic E-state index is 14.7. The summed E-state index contributed by atoms with van der Waals surface area (Å²) in [5.41, 5.74) is 7.16. The van der Waals surface area contributed by atoms with Gasteiger partial charge in [-0.3, -0.25) is 9.59 Å². The summed E-state index contributed by atoms with van der Waals surface area (Å²) >= 11 is 0. The van der Waals surface area contributed by atoms with Crippen molar-refractivity contribution in [2.75, 3.05) is 27.0 Å². The van der Waals surface area contributed by atoms with Crippen LogP contribution in [0.3, 0.4) is 0 Å². The van der Waals surface area contributed by atoms with Crippen LogP contribution in [-0.4, -0.2) is 73.5 Å². The van der Waals surface area contributed by atoms with E-state index in [4.69, 9.17) is 24.4 Å². The molecule has 3 N–H and O–H groups in total. The number of nitrogens with zero attached hydrogens (tertiary/aromatic N) is 1. The molecule has 11 nitrogen and oxygen atoms in total. The third kappa shape index (κ3) is 8.29. The highest BCUT2D eigenvalue weighted by atomic mass is 19.1. The second kappa shape index (κ2) is 16.1. The fourth-order valence-electron chi connectivity index (χ4n) is 7.47. The number of halogens is 1. The number of furan rings is 1. The standard InChI is InChI=1S/C38H48FN3O8/c1-38(2,3)50-37(46)41-28(22-39)24-15-17-25(18-16-24)35(44)42-29(21-27(32(42)34(40)43)23-11-6-5-7-12-23)31-26-13-8-9-14-30(26)49-33(31)36(45)48-20-10-19-47-4/h5-9,11-14,24-25,27-29,32H,10,15-22H2,1-4H3,(H2,40,43)(H,41,46)/t24?,25?,27-,28-,29?,32+/m1/s1. The number of fused-ring (bicyclic) bond motifs is 1. The molecule has 2 aliphatic rings. The molecule has 0 spiro atoms. The summed E-state index contributed by atoms with van der Waals surface area (Å²) in [6.07, 6.45) is 1.92. The van der Waals surface area contributed by atoms with Crippen LogP contribution < -0.4 is 11.1 Å². The van der Waals surface area contributed by atoms with E-state index in [1.54, 1.807) is 44.9 Å². The van der Waals surface area contributed by atoms with Crippen molar-refractivity contribution in [1.29, 1.82) is 0 Å². The number of primary amides is 1. The van der Waals surface area contributed by atoms with Gasteiger partial charge in [-0.2, -0.15) is 0 Å². The average molecular weight is 694 g/mol. The highest BCUT2D eigenvalue weighted by Gasteiger charge is 2.51. The zero-order valence-electron chi connectivity index (χ0n) is 29.2. The number of methoxy groups -OCH3 is 1. The minimum Gasteiger partial charge on any atom is -0.460 e. The number of nitrogens with two attached hydrogens (primary N) is 1. The molecule has 3 aromatic rings. The van der Waals surface area contributed by atoms with Crippen molar-refractivity contribution in [3.05, 3.63) is 71.5 Å². The van der Waals surface area contributed by atoms with Gasteiger partial charge >= 0.3 is 12.1 Å². The zero-order valence-corrected chi connectivity index (χ0v) is 29.2. The number of hydrogen-bond donors (Lipinski definition) is 2. The molecule has 0 radical (unpaired) electrons. The molecule has 1 saturated heterocycles. The molecule has 50 heavy (non-hydrogen) atoms. The van der Waals surface area contributed by atoms with E-state index in [-0.39, 0.29) is 24.2 Å². The molecule has 2 aromatic carbocycles. The molecule has 12 heteroatoms. The van der Waals surface area contributed by atoms with Gasteiger partial charge in [0.25, 0.3) is 0 Å².